The highest BCUT2D eigenvalue weighted by Gasteiger charge is 2.26. The molecule has 4 nitrogen and oxygen atoms in total. The number of amides is 1. The first-order valence-corrected chi connectivity index (χ1v) is 8.05. The van der Waals surface area contributed by atoms with E-state index >= 15 is 0 Å². The summed E-state index contributed by atoms with van der Waals surface area (Å²) in [5.41, 5.74) is 7.14. The molecule has 1 aliphatic heterocycles. The summed E-state index contributed by atoms with van der Waals surface area (Å²) in [7, 11) is 0. The molecule has 1 heterocycles. The molecule has 2 aliphatic rings. The van der Waals surface area contributed by atoms with Crippen LogP contribution in [0.2, 0.25) is 0 Å². The second kappa shape index (κ2) is 6.58. The lowest BCUT2D eigenvalue weighted by molar-refractivity contribution is 0.100. The third-order valence-electron chi connectivity index (χ3n) is 4.50. The van der Waals surface area contributed by atoms with E-state index in [2.05, 4.69) is 10.2 Å². The van der Waals surface area contributed by atoms with Crippen LogP contribution in [-0.2, 0) is 6.54 Å². The topological polar surface area (TPSA) is 58.4 Å². The van der Waals surface area contributed by atoms with Crippen LogP contribution in [0.1, 0.15) is 41.6 Å². The predicted molar refractivity (Wildman–Crippen MR) is 84.0 cm³/mol. The van der Waals surface area contributed by atoms with Crippen LogP contribution in [0.4, 0.5) is 0 Å². The quantitative estimate of drug-likeness (QED) is 0.803. The molecule has 1 atom stereocenters. The van der Waals surface area contributed by atoms with Gasteiger partial charge in [-0.25, -0.2) is 0 Å². The van der Waals surface area contributed by atoms with Gasteiger partial charge in [-0.05, 0) is 55.8 Å². The van der Waals surface area contributed by atoms with Gasteiger partial charge >= 0.3 is 0 Å². The van der Waals surface area contributed by atoms with E-state index in [1.54, 1.807) is 0 Å². The predicted octanol–water partition coefficient (Wildman–Crippen LogP) is 1.75. The number of rotatable bonds is 7. The Labute approximate surface area is 126 Å². The standard InChI is InChI=1S/C17H25N3O/c18-17(21)15-7-5-14(6-8-15)11-20(10-13-3-4-13)12-16-2-1-9-19-16/h5-8,13,16,19H,1-4,9-12H2,(H2,18,21). The third kappa shape index (κ3) is 4.29. The van der Waals surface area contributed by atoms with Crippen molar-refractivity contribution in [2.75, 3.05) is 19.6 Å². The Morgan fingerprint density at radius 2 is 1.95 bits per heavy atom. The van der Waals surface area contributed by atoms with Gasteiger partial charge in [0.1, 0.15) is 0 Å². The van der Waals surface area contributed by atoms with Gasteiger partial charge in [-0.15, -0.1) is 0 Å². The highest BCUT2D eigenvalue weighted by atomic mass is 16.1. The zero-order valence-electron chi connectivity index (χ0n) is 12.6. The van der Waals surface area contributed by atoms with Crippen molar-refractivity contribution in [3.05, 3.63) is 35.4 Å². The van der Waals surface area contributed by atoms with Crippen LogP contribution in [0.5, 0.6) is 0 Å². The van der Waals surface area contributed by atoms with Crippen molar-refractivity contribution in [1.82, 2.24) is 10.2 Å². The van der Waals surface area contributed by atoms with Crippen LogP contribution in [0, 0.1) is 5.92 Å². The summed E-state index contributed by atoms with van der Waals surface area (Å²) in [4.78, 5) is 13.7. The minimum absolute atomic E-state index is 0.355. The van der Waals surface area contributed by atoms with Gasteiger partial charge in [-0.2, -0.15) is 0 Å². The fourth-order valence-corrected chi connectivity index (χ4v) is 3.13. The fourth-order valence-electron chi connectivity index (χ4n) is 3.13. The molecule has 4 heteroatoms. The summed E-state index contributed by atoms with van der Waals surface area (Å²) in [6, 6.07) is 8.37. The molecule has 1 saturated heterocycles. The number of hydrogen-bond donors (Lipinski definition) is 2. The van der Waals surface area contributed by atoms with Crippen molar-refractivity contribution >= 4 is 5.91 Å². The number of nitrogens with one attached hydrogen (secondary N) is 1. The zero-order chi connectivity index (χ0) is 14.7. The SMILES string of the molecule is NC(=O)c1ccc(CN(CC2CC2)CC2CCCN2)cc1. The lowest BCUT2D eigenvalue weighted by Crippen LogP contribution is -2.38. The van der Waals surface area contributed by atoms with Gasteiger partial charge in [-0.1, -0.05) is 12.1 Å². The minimum atomic E-state index is -0.355. The van der Waals surface area contributed by atoms with E-state index in [0.29, 0.717) is 11.6 Å². The first kappa shape index (κ1) is 14.5. The van der Waals surface area contributed by atoms with Crippen LogP contribution in [0.25, 0.3) is 0 Å². The lowest BCUT2D eigenvalue weighted by atomic mass is 10.1. The zero-order valence-corrected chi connectivity index (χ0v) is 12.6. The van der Waals surface area contributed by atoms with E-state index in [1.165, 1.54) is 37.8 Å². The number of carbonyl (C=O) groups excluding carboxylic acids is 1. The van der Waals surface area contributed by atoms with E-state index in [-0.39, 0.29) is 5.91 Å². The summed E-state index contributed by atoms with van der Waals surface area (Å²) in [6.45, 7) is 4.47. The van der Waals surface area contributed by atoms with E-state index in [1.807, 2.05) is 24.3 Å². The van der Waals surface area contributed by atoms with Gasteiger partial charge in [0.05, 0.1) is 0 Å². The Balaban J connectivity index is 1.60. The van der Waals surface area contributed by atoms with E-state index < -0.39 is 0 Å². The maximum Gasteiger partial charge on any atom is 0.248 e. The van der Waals surface area contributed by atoms with Crippen molar-refractivity contribution in [1.29, 1.82) is 0 Å². The molecule has 2 fully saturated rings. The Hall–Kier alpha value is -1.39. The number of hydrogen-bond acceptors (Lipinski definition) is 3. The molecule has 0 spiro atoms. The molecular formula is C17H25N3O. The van der Waals surface area contributed by atoms with Crippen molar-refractivity contribution < 1.29 is 4.79 Å². The molecule has 1 unspecified atom stereocenters. The molecule has 1 aliphatic carbocycles. The van der Waals surface area contributed by atoms with E-state index in [9.17, 15) is 4.79 Å². The molecule has 21 heavy (non-hydrogen) atoms. The molecule has 114 valence electrons. The molecular weight excluding hydrogens is 262 g/mol. The van der Waals surface area contributed by atoms with E-state index in [4.69, 9.17) is 5.73 Å². The molecule has 1 aromatic carbocycles. The molecule has 3 N–H and O–H groups in total. The monoisotopic (exact) mass is 287 g/mol. The summed E-state index contributed by atoms with van der Waals surface area (Å²) in [5.74, 6) is 0.544. The van der Waals surface area contributed by atoms with E-state index in [0.717, 1.165) is 25.6 Å². The minimum Gasteiger partial charge on any atom is -0.366 e. The fraction of sp³-hybridized carbons (Fsp3) is 0.588. The Kier molecular flexibility index (Phi) is 4.56. The second-order valence-corrected chi connectivity index (χ2v) is 6.49. The van der Waals surface area contributed by atoms with Gasteiger partial charge in [0.2, 0.25) is 5.91 Å². The number of nitrogens with zero attached hydrogens (tertiary/aromatic N) is 1. The summed E-state index contributed by atoms with van der Waals surface area (Å²) >= 11 is 0. The smallest absolute Gasteiger partial charge is 0.248 e. The number of benzene rings is 1. The van der Waals surface area contributed by atoms with Gasteiger partial charge in [-0.3, -0.25) is 9.69 Å². The number of nitrogens with two attached hydrogens (primary N) is 1. The summed E-state index contributed by atoms with van der Waals surface area (Å²) in [6.07, 6.45) is 5.36. The average molecular weight is 287 g/mol. The maximum absolute atomic E-state index is 11.1. The Bertz CT molecular complexity index is 475. The third-order valence-corrected chi connectivity index (χ3v) is 4.50. The maximum atomic E-state index is 11.1. The number of primary amides is 1. The molecule has 3 rings (SSSR count). The van der Waals surface area contributed by atoms with Crippen molar-refractivity contribution in [3.8, 4) is 0 Å². The number of carbonyl (C=O) groups is 1. The van der Waals surface area contributed by atoms with Crippen LogP contribution >= 0.6 is 0 Å². The first-order chi connectivity index (χ1) is 10.2. The molecule has 1 saturated carbocycles. The highest BCUT2D eigenvalue weighted by Crippen LogP contribution is 2.30. The van der Waals surface area contributed by atoms with Crippen molar-refractivity contribution in [2.45, 2.75) is 38.3 Å². The molecule has 0 radical (unpaired) electrons. The van der Waals surface area contributed by atoms with Crippen LogP contribution in [0.3, 0.4) is 0 Å². The highest BCUT2D eigenvalue weighted by molar-refractivity contribution is 5.92. The summed E-state index contributed by atoms with van der Waals surface area (Å²) in [5, 5.41) is 3.59. The normalized spacial score (nSPS) is 21.9. The van der Waals surface area contributed by atoms with Crippen LogP contribution < -0.4 is 11.1 Å². The van der Waals surface area contributed by atoms with Gasteiger partial charge in [0, 0.05) is 31.2 Å². The Morgan fingerprint density at radius 1 is 1.19 bits per heavy atom. The molecule has 1 aromatic rings. The van der Waals surface area contributed by atoms with Gasteiger partial charge in [0.25, 0.3) is 0 Å². The molecule has 0 bridgehead atoms. The van der Waals surface area contributed by atoms with Gasteiger partial charge in [0.15, 0.2) is 0 Å². The Morgan fingerprint density at radius 3 is 2.52 bits per heavy atom. The van der Waals surface area contributed by atoms with Crippen molar-refractivity contribution in [3.63, 3.8) is 0 Å². The first-order valence-electron chi connectivity index (χ1n) is 8.05. The summed E-state index contributed by atoms with van der Waals surface area (Å²) < 4.78 is 0. The average Bonchev–Trinajstić information content (AvgIpc) is 3.13. The molecule has 1 amide bonds. The second-order valence-electron chi connectivity index (χ2n) is 6.49. The lowest BCUT2D eigenvalue weighted by Gasteiger charge is -2.25. The van der Waals surface area contributed by atoms with Gasteiger partial charge < -0.3 is 11.1 Å². The van der Waals surface area contributed by atoms with Crippen molar-refractivity contribution in [2.24, 2.45) is 11.7 Å². The molecule has 0 aromatic heterocycles. The van der Waals surface area contributed by atoms with Crippen LogP contribution in [-0.4, -0.2) is 36.5 Å². The van der Waals surface area contributed by atoms with Crippen LogP contribution in [0.15, 0.2) is 24.3 Å². The largest absolute Gasteiger partial charge is 0.366 e.